The number of rotatable bonds is 11. The van der Waals surface area contributed by atoms with Crippen molar-refractivity contribution in [3.63, 3.8) is 0 Å². The molecular weight excluding hydrogens is 515 g/mol. The van der Waals surface area contributed by atoms with Gasteiger partial charge in [-0.3, -0.25) is 0 Å². The van der Waals surface area contributed by atoms with E-state index in [1.54, 1.807) is 18.2 Å². The van der Waals surface area contributed by atoms with Crippen LogP contribution in [0.2, 0.25) is 0 Å². The lowest BCUT2D eigenvalue weighted by Crippen LogP contribution is -2.38. The molecule has 0 saturated carbocycles. The van der Waals surface area contributed by atoms with Crippen molar-refractivity contribution in [2.75, 3.05) is 33.4 Å². The van der Waals surface area contributed by atoms with Crippen LogP contribution in [0.3, 0.4) is 0 Å². The fourth-order valence-electron chi connectivity index (χ4n) is 2.65. The molecule has 0 aromatic heterocycles. The van der Waals surface area contributed by atoms with Gasteiger partial charge in [0.25, 0.3) is 0 Å². The van der Waals surface area contributed by atoms with Gasteiger partial charge in [0.1, 0.15) is 0 Å². The zero-order chi connectivity index (χ0) is 21.0. The van der Waals surface area contributed by atoms with E-state index in [0.717, 1.165) is 25.1 Å². The van der Waals surface area contributed by atoms with Crippen molar-refractivity contribution in [2.24, 2.45) is 4.99 Å². The maximum atomic E-state index is 12.3. The lowest BCUT2D eigenvalue weighted by molar-refractivity contribution is 0.204. The van der Waals surface area contributed by atoms with Gasteiger partial charge < -0.3 is 15.4 Å². The van der Waals surface area contributed by atoms with Crippen molar-refractivity contribution < 1.29 is 13.2 Å². The number of guanidine groups is 1. The lowest BCUT2D eigenvalue weighted by Gasteiger charge is -2.12. The number of halogens is 1. The molecule has 166 valence electrons. The highest BCUT2D eigenvalue weighted by molar-refractivity contribution is 14.0. The predicted octanol–water partition coefficient (Wildman–Crippen LogP) is 2.53. The Balaban J connectivity index is 0.00000450. The second-order valence-corrected chi connectivity index (χ2v) is 8.16. The minimum atomic E-state index is -3.56. The van der Waals surface area contributed by atoms with Crippen molar-refractivity contribution >= 4 is 40.0 Å². The molecule has 2 rings (SSSR count). The Morgan fingerprint density at radius 1 is 1.00 bits per heavy atom. The van der Waals surface area contributed by atoms with Crippen LogP contribution in [-0.2, 0) is 27.7 Å². The Labute approximate surface area is 196 Å². The summed E-state index contributed by atoms with van der Waals surface area (Å²) in [5.74, 6) is 0.704. The summed E-state index contributed by atoms with van der Waals surface area (Å²) in [6, 6.07) is 17.1. The van der Waals surface area contributed by atoms with Crippen LogP contribution in [0.4, 0.5) is 0 Å². The number of ether oxygens (including phenoxy) is 1. The number of sulfonamides is 1. The molecule has 0 spiro atoms. The zero-order valence-corrected chi connectivity index (χ0v) is 20.6. The minimum Gasteiger partial charge on any atom is -0.383 e. The first-order chi connectivity index (χ1) is 14.0. The molecule has 7 nitrogen and oxygen atoms in total. The number of nitrogens with zero attached hydrogens (tertiary/aromatic N) is 1. The van der Waals surface area contributed by atoms with Crippen molar-refractivity contribution in [2.45, 2.75) is 24.8 Å². The minimum absolute atomic E-state index is 0. The molecule has 0 aliphatic rings. The van der Waals surface area contributed by atoms with Crippen LogP contribution in [0.5, 0.6) is 0 Å². The average Bonchev–Trinajstić information content (AvgIpc) is 2.73. The van der Waals surface area contributed by atoms with E-state index in [0.29, 0.717) is 19.1 Å². The monoisotopic (exact) mass is 546 g/mol. The Morgan fingerprint density at radius 2 is 1.73 bits per heavy atom. The molecule has 30 heavy (non-hydrogen) atoms. The van der Waals surface area contributed by atoms with E-state index >= 15 is 0 Å². The molecule has 2 aromatic rings. The Kier molecular flexibility index (Phi) is 12.6. The molecule has 0 fully saturated rings. The maximum Gasteiger partial charge on any atom is 0.240 e. The molecular formula is C21H31IN4O3S. The summed E-state index contributed by atoms with van der Waals surface area (Å²) in [4.78, 5) is 4.80. The topological polar surface area (TPSA) is 91.8 Å². The molecule has 2 aromatic carbocycles. The average molecular weight is 546 g/mol. The fraction of sp³-hybridized carbons (Fsp3) is 0.381. The SMILES string of the molecule is CCNC(=NCc1cccc(S(=O)(=O)NCCOC)c1)NCCc1ccccc1.I. The van der Waals surface area contributed by atoms with Gasteiger partial charge >= 0.3 is 0 Å². The summed E-state index contributed by atoms with van der Waals surface area (Å²) in [7, 11) is -2.03. The standard InChI is InChI=1S/C21H30N4O3S.HI/c1-3-22-21(23-13-12-18-8-5-4-6-9-18)24-17-19-10-7-11-20(16-19)29(26,27)25-14-15-28-2;/h4-11,16,25H,3,12-15,17H2,1-2H3,(H2,22,23,24);1H. The molecule has 9 heteroatoms. The van der Waals surface area contributed by atoms with E-state index in [1.807, 2.05) is 31.2 Å². The molecule has 0 atom stereocenters. The molecule has 3 N–H and O–H groups in total. The van der Waals surface area contributed by atoms with Crippen LogP contribution < -0.4 is 15.4 Å². The van der Waals surface area contributed by atoms with Gasteiger partial charge in [-0.05, 0) is 36.6 Å². The van der Waals surface area contributed by atoms with E-state index in [2.05, 4.69) is 32.5 Å². The first-order valence-electron chi connectivity index (χ1n) is 9.69. The fourth-order valence-corrected chi connectivity index (χ4v) is 3.74. The number of aliphatic imine (C=N–C) groups is 1. The first kappa shape index (κ1) is 26.3. The van der Waals surface area contributed by atoms with Gasteiger partial charge in [0.2, 0.25) is 10.0 Å². The first-order valence-corrected chi connectivity index (χ1v) is 11.2. The Hall–Kier alpha value is -1.69. The van der Waals surface area contributed by atoms with E-state index in [9.17, 15) is 8.42 Å². The van der Waals surface area contributed by atoms with Crippen LogP contribution in [0.25, 0.3) is 0 Å². The van der Waals surface area contributed by atoms with Crippen molar-refractivity contribution in [1.82, 2.24) is 15.4 Å². The third-order valence-corrected chi connectivity index (χ3v) is 5.58. The van der Waals surface area contributed by atoms with E-state index in [1.165, 1.54) is 12.7 Å². The number of methoxy groups -OCH3 is 1. The lowest BCUT2D eigenvalue weighted by atomic mass is 10.1. The van der Waals surface area contributed by atoms with Crippen LogP contribution in [0.1, 0.15) is 18.1 Å². The second kappa shape index (κ2) is 14.3. The van der Waals surface area contributed by atoms with E-state index in [-0.39, 0.29) is 35.4 Å². The third kappa shape index (κ3) is 9.41. The number of hydrogen-bond donors (Lipinski definition) is 3. The molecule has 0 heterocycles. The van der Waals surface area contributed by atoms with Crippen LogP contribution in [-0.4, -0.2) is 47.7 Å². The third-order valence-electron chi connectivity index (χ3n) is 4.12. The molecule has 0 bridgehead atoms. The highest BCUT2D eigenvalue weighted by Crippen LogP contribution is 2.12. The molecule has 0 amide bonds. The van der Waals surface area contributed by atoms with Gasteiger partial charge in [-0.2, -0.15) is 0 Å². The summed E-state index contributed by atoms with van der Waals surface area (Å²) in [6.45, 7) is 4.44. The summed E-state index contributed by atoms with van der Waals surface area (Å²) < 4.78 is 32.1. The maximum absolute atomic E-state index is 12.3. The van der Waals surface area contributed by atoms with Crippen molar-refractivity contribution in [3.8, 4) is 0 Å². The highest BCUT2D eigenvalue weighted by atomic mass is 127. The van der Waals surface area contributed by atoms with Crippen LogP contribution in [0.15, 0.2) is 64.5 Å². The normalized spacial score (nSPS) is 11.6. The summed E-state index contributed by atoms with van der Waals surface area (Å²) in [5, 5.41) is 6.53. The quantitative estimate of drug-likeness (QED) is 0.175. The number of hydrogen-bond acceptors (Lipinski definition) is 4. The summed E-state index contributed by atoms with van der Waals surface area (Å²) in [6.07, 6.45) is 0.895. The highest BCUT2D eigenvalue weighted by Gasteiger charge is 2.13. The molecule has 0 aliphatic heterocycles. The smallest absolute Gasteiger partial charge is 0.240 e. The van der Waals surface area contributed by atoms with Crippen molar-refractivity contribution in [1.29, 1.82) is 0 Å². The van der Waals surface area contributed by atoms with Gasteiger partial charge in [0, 0.05) is 26.7 Å². The van der Waals surface area contributed by atoms with Gasteiger partial charge in [-0.15, -0.1) is 24.0 Å². The number of benzene rings is 2. The largest absolute Gasteiger partial charge is 0.383 e. The number of nitrogens with one attached hydrogen (secondary N) is 3. The second-order valence-electron chi connectivity index (χ2n) is 6.40. The van der Waals surface area contributed by atoms with Gasteiger partial charge in [0.05, 0.1) is 18.0 Å². The molecule has 0 unspecified atom stereocenters. The summed E-state index contributed by atoms with van der Waals surface area (Å²) >= 11 is 0. The summed E-state index contributed by atoms with van der Waals surface area (Å²) in [5.41, 5.74) is 2.08. The Bertz CT molecular complexity index is 877. The predicted molar refractivity (Wildman–Crippen MR) is 132 cm³/mol. The molecule has 0 radical (unpaired) electrons. The van der Waals surface area contributed by atoms with Crippen molar-refractivity contribution in [3.05, 3.63) is 65.7 Å². The van der Waals surface area contributed by atoms with E-state index in [4.69, 9.17) is 4.74 Å². The van der Waals surface area contributed by atoms with Gasteiger partial charge in [0.15, 0.2) is 5.96 Å². The van der Waals surface area contributed by atoms with Gasteiger partial charge in [-0.1, -0.05) is 42.5 Å². The zero-order valence-electron chi connectivity index (χ0n) is 17.4. The van der Waals surface area contributed by atoms with Crippen LogP contribution in [0, 0.1) is 0 Å². The van der Waals surface area contributed by atoms with Gasteiger partial charge in [-0.25, -0.2) is 18.1 Å². The van der Waals surface area contributed by atoms with E-state index < -0.39 is 10.0 Å². The molecule has 0 saturated heterocycles. The van der Waals surface area contributed by atoms with Crippen LogP contribution >= 0.6 is 24.0 Å². The Morgan fingerprint density at radius 3 is 2.43 bits per heavy atom. The molecule has 0 aliphatic carbocycles.